The lowest BCUT2D eigenvalue weighted by Crippen LogP contribution is -2.17. The molecule has 0 saturated carbocycles. The fourth-order valence-electron chi connectivity index (χ4n) is 4.33. The first-order chi connectivity index (χ1) is 14.6. The van der Waals surface area contributed by atoms with Gasteiger partial charge in [0.1, 0.15) is 5.75 Å². The van der Waals surface area contributed by atoms with Gasteiger partial charge in [-0.25, -0.2) is 9.50 Å². The topological polar surface area (TPSA) is 77.2 Å². The summed E-state index contributed by atoms with van der Waals surface area (Å²) < 4.78 is 8.85. The number of fused-ring (bicyclic) bond motifs is 2. The monoisotopic (exact) mass is 403 g/mol. The number of ether oxygens (including phenoxy) is 1. The highest BCUT2D eigenvalue weighted by Crippen LogP contribution is 2.26. The van der Waals surface area contributed by atoms with Crippen LogP contribution in [-0.2, 0) is 25.8 Å². The van der Waals surface area contributed by atoms with Crippen LogP contribution in [0.25, 0.3) is 16.9 Å². The molecule has 3 aromatic heterocycles. The number of methoxy groups -OCH3 is 1. The number of aromatic amines is 1. The van der Waals surface area contributed by atoms with Gasteiger partial charge in [0.05, 0.1) is 24.7 Å². The fourth-order valence-corrected chi connectivity index (χ4v) is 4.33. The van der Waals surface area contributed by atoms with Gasteiger partial charge in [0.15, 0.2) is 5.65 Å². The maximum atomic E-state index is 12.7. The number of rotatable bonds is 5. The number of benzene rings is 1. The quantitative estimate of drug-likeness (QED) is 0.555. The van der Waals surface area contributed by atoms with E-state index in [4.69, 9.17) is 9.72 Å². The van der Waals surface area contributed by atoms with Crippen LogP contribution < -0.4 is 10.3 Å². The van der Waals surface area contributed by atoms with Gasteiger partial charge in [-0.2, -0.15) is 5.10 Å². The highest BCUT2D eigenvalue weighted by atomic mass is 16.5. The van der Waals surface area contributed by atoms with Crippen molar-refractivity contribution in [2.24, 2.45) is 0 Å². The minimum Gasteiger partial charge on any atom is -0.497 e. The molecule has 0 unspecified atom stereocenters. The van der Waals surface area contributed by atoms with E-state index in [1.54, 1.807) is 13.2 Å². The van der Waals surface area contributed by atoms with E-state index >= 15 is 0 Å². The van der Waals surface area contributed by atoms with Crippen molar-refractivity contribution in [1.82, 2.24) is 24.4 Å². The highest BCUT2D eigenvalue weighted by molar-refractivity contribution is 5.70. The summed E-state index contributed by atoms with van der Waals surface area (Å²) in [5, 5.41) is 7.77. The van der Waals surface area contributed by atoms with Crippen molar-refractivity contribution < 1.29 is 4.74 Å². The smallest absolute Gasteiger partial charge is 0.272 e. The molecule has 4 aromatic rings. The maximum absolute atomic E-state index is 12.7. The molecule has 154 valence electrons. The van der Waals surface area contributed by atoms with Crippen LogP contribution in [0.5, 0.6) is 5.75 Å². The first-order valence-corrected chi connectivity index (χ1v) is 10.4. The molecule has 7 nitrogen and oxygen atoms in total. The first-order valence-electron chi connectivity index (χ1n) is 10.4. The molecule has 7 heteroatoms. The van der Waals surface area contributed by atoms with E-state index in [9.17, 15) is 4.79 Å². The van der Waals surface area contributed by atoms with Gasteiger partial charge in [-0.3, -0.25) is 14.6 Å². The molecule has 1 aliphatic rings. The molecule has 0 fully saturated rings. The summed E-state index contributed by atoms with van der Waals surface area (Å²) in [7, 11) is 1.65. The van der Waals surface area contributed by atoms with E-state index in [0.29, 0.717) is 12.1 Å². The average Bonchev–Trinajstić information content (AvgIpc) is 3.34. The second-order valence-electron chi connectivity index (χ2n) is 7.88. The van der Waals surface area contributed by atoms with Crippen molar-refractivity contribution in [2.75, 3.05) is 7.11 Å². The first kappa shape index (κ1) is 18.7. The lowest BCUT2D eigenvalue weighted by atomic mass is 9.98. The van der Waals surface area contributed by atoms with E-state index in [-0.39, 0.29) is 5.56 Å². The second kappa shape index (κ2) is 7.48. The Morgan fingerprint density at radius 1 is 1.17 bits per heavy atom. The summed E-state index contributed by atoms with van der Waals surface area (Å²) in [6.45, 7) is 2.73. The number of aryl methyl sites for hydroxylation is 4. The standard InChI is InChI=1S/C23H25N5O2/c1-15-22(16-7-9-19(30-2)10-8-16)26-28-21(29)13-18(25-23(15)28)11-12-27-20-6-4-3-5-17(20)14-24-27/h7-10,13-14,26H,3-6,11-12H2,1-2H3. The van der Waals surface area contributed by atoms with Gasteiger partial charge in [0.25, 0.3) is 5.56 Å². The van der Waals surface area contributed by atoms with Gasteiger partial charge >= 0.3 is 0 Å². The van der Waals surface area contributed by atoms with Gasteiger partial charge in [-0.05, 0) is 62.4 Å². The van der Waals surface area contributed by atoms with E-state index in [2.05, 4.69) is 14.9 Å². The third-order valence-corrected chi connectivity index (χ3v) is 6.01. The molecule has 0 aliphatic heterocycles. The Kier molecular flexibility index (Phi) is 4.65. The lowest BCUT2D eigenvalue weighted by molar-refractivity contribution is 0.415. The molecule has 30 heavy (non-hydrogen) atoms. The van der Waals surface area contributed by atoms with E-state index < -0.39 is 0 Å². The summed E-state index contributed by atoms with van der Waals surface area (Å²) in [6, 6.07) is 9.39. The molecule has 1 aromatic carbocycles. The van der Waals surface area contributed by atoms with E-state index in [1.165, 1.54) is 28.6 Å². The van der Waals surface area contributed by atoms with Crippen molar-refractivity contribution in [1.29, 1.82) is 0 Å². The summed E-state index contributed by atoms with van der Waals surface area (Å²) in [5.74, 6) is 0.797. The Morgan fingerprint density at radius 2 is 1.97 bits per heavy atom. The third kappa shape index (κ3) is 3.20. The van der Waals surface area contributed by atoms with Crippen LogP contribution in [0.2, 0.25) is 0 Å². The SMILES string of the molecule is COc1ccc(-c2[nH]n3c(=O)cc(CCn4ncc5c4CCCC5)nc3c2C)cc1. The van der Waals surface area contributed by atoms with Crippen LogP contribution >= 0.6 is 0 Å². The van der Waals surface area contributed by atoms with Gasteiger partial charge in [0, 0.05) is 35.9 Å². The van der Waals surface area contributed by atoms with Gasteiger partial charge in [-0.1, -0.05) is 0 Å². The minimum absolute atomic E-state index is 0.0969. The normalized spacial score (nSPS) is 13.5. The van der Waals surface area contributed by atoms with Crippen molar-refractivity contribution in [3.63, 3.8) is 0 Å². The zero-order chi connectivity index (χ0) is 20.7. The Labute approximate surface area is 174 Å². The molecule has 0 spiro atoms. The van der Waals surface area contributed by atoms with E-state index in [1.807, 2.05) is 37.4 Å². The van der Waals surface area contributed by atoms with Crippen molar-refractivity contribution in [3.8, 4) is 17.0 Å². The molecule has 5 rings (SSSR count). The van der Waals surface area contributed by atoms with Gasteiger partial charge < -0.3 is 4.74 Å². The Morgan fingerprint density at radius 3 is 2.77 bits per heavy atom. The molecule has 0 radical (unpaired) electrons. The van der Waals surface area contributed by atoms with E-state index in [0.717, 1.165) is 47.7 Å². The lowest BCUT2D eigenvalue weighted by Gasteiger charge is -2.13. The third-order valence-electron chi connectivity index (χ3n) is 6.01. The average molecular weight is 403 g/mol. The maximum Gasteiger partial charge on any atom is 0.272 e. The molecule has 0 bridgehead atoms. The van der Waals surface area contributed by atoms with Crippen LogP contribution in [0.1, 0.15) is 35.4 Å². The molecule has 0 atom stereocenters. The van der Waals surface area contributed by atoms with Crippen LogP contribution in [0, 0.1) is 6.92 Å². The number of H-pyrrole nitrogens is 1. The Balaban J connectivity index is 1.45. The highest BCUT2D eigenvalue weighted by Gasteiger charge is 2.16. The summed E-state index contributed by atoms with van der Waals surface area (Å²) in [4.78, 5) is 17.5. The number of nitrogens with zero attached hydrogens (tertiary/aromatic N) is 4. The number of hydrogen-bond acceptors (Lipinski definition) is 4. The fraction of sp³-hybridized carbons (Fsp3) is 0.348. The van der Waals surface area contributed by atoms with Crippen LogP contribution in [0.4, 0.5) is 0 Å². The minimum atomic E-state index is -0.0969. The van der Waals surface area contributed by atoms with Crippen LogP contribution in [0.3, 0.4) is 0 Å². The summed E-state index contributed by atoms with van der Waals surface area (Å²) >= 11 is 0. The molecular weight excluding hydrogens is 378 g/mol. The van der Waals surface area contributed by atoms with Crippen LogP contribution in [-0.4, -0.2) is 31.5 Å². The zero-order valence-corrected chi connectivity index (χ0v) is 17.3. The van der Waals surface area contributed by atoms with Gasteiger partial charge in [0.2, 0.25) is 0 Å². The number of hydrogen-bond donors (Lipinski definition) is 1. The molecule has 0 saturated heterocycles. The van der Waals surface area contributed by atoms with Crippen molar-refractivity contribution >= 4 is 5.65 Å². The molecule has 1 N–H and O–H groups in total. The number of nitrogens with one attached hydrogen (secondary N) is 1. The zero-order valence-electron chi connectivity index (χ0n) is 17.3. The van der Waals surface area contributed by atoms with Gasteiger partial charge in [-0.15, -0.1) is 0 Å². The largest absolute Gasteiger partial charge is 0.497 e. The summed E-state index contributed by atoms with van der Waals surface area (Å²) in [5.41, 5.74) is 6.92. The molecule has 0 amide bonds. The molecule has 1 aliphatic carbocycles. The molecular formula is C23H25N5O2. The predicted octanol–water partition coefficient (Wildman–Crippen LogP) is 3.32. The Bertz CT molecular complexity index is 1260. The number of aromatic nitrogens is 5. The van der Waals surface area contributed by atoms with Crippen molar-refractivity contribution in [2.45, 2.75) is 45.6 Å². The Hall–Kier alpha value is -3.35. The molecule has 3 heterocycles. The summed E-state index contributed by atoms with van der Waals surface area (Å²) in [6.07, 6.45) is 7.36. The predicted molar refractivity (Wildman–Crippen MR) is 115 cm³/mol. The van der Waals surface area contributed by atoms with Crippen LogP contribution in [0.15, 0.2) is 41.3 Å². The van der Waals surface area contributed by atoms with Crippen molar-refractivity contribution in [3.05, 3.63) is 69.4 Å². The second-order valence-corrected chi connectivity index (χ2v) is 7.88.